The largest absolute Gasteiger partial charge is 0.354 e. The highest BCUT2D eigenvalue weighted by atomic mass is 35.5. The van der Waals surface area contributed by atoms with Crippen LogP contribution in [0.1, 0.15) is 49.5 Å². The fourth-order valence-corrected chi connectivity index (χ4v) is 4.99. The Bertz CT molecular complexity index is 1200. The third kappa shape index (κ3) is 7.69. The molecule has 0 bridgehead atoms. The second-order valence-corrected chi connectivity index (χ2v) is 11.0. The summed E-state index contributed by atoms with van der Waals surface area (Å²) in [6.45, 7) is 4.78. The summed E-state index contributed by atoms with van der Waals surface area (Å²) in [4.78, 5) is 39.8. The second kappa shape index (κ2) is 13.1. The maximum atomic E-state index is 13.7. The molecule has 36 heavy (non-hydrogen) atoms. The van der Waals surface area contributed by atoms with Crippen LogP contribution < -0.4 is 9.62 Å². The summed E-state index contributed by atoms with van der Waals surface area (Å²) in [6.07, 6.45) is 1.96. The first-order valence-electron chi connectivity index (χ1n) is 11.5. The third-order valence-electron chi connectivity index (χ3n) is 5.55. The average Bonchev–Trinajstić information content (AvgIpc) is 2.81. The lowest BCUT2D eigenvalue weighted by Gasteiger charge is -2.33. The molecule has 0 radical (unpaired) electrons. The monoisotopic (exact) mass is 555 g/mol. The Morgan fingerprint density at radius 1 is 1.03 bits per heavy atom. The van der Waals surface area contributed by atoms with Crippen molar-refractivity contribution in [3.05, 3.63) is 63.6 Å². The third-order valence-corrected chi connectivity index (χ3v) is 7.39. The minimum absolute atomic E-state index is 0.0967. The lowest BCUT2D eigenvalue weighted by atomic mass is 10.1. The topological polar surface area (TPSA) is 104 Å². The molecule has 2 aromatic carbocycles. The SMILES string of the molecule is CCCNC(=O)[C@H](CC)N(Cc1c(Cl)cccc1Cl)C(=O)CN(c1cccc(C(C)=O)c1)S(C)(=O)=O. The maximum Gasteiger partial charge on any atom is 0.244 e. The van der Waals surface area contributed by atoms with Crippen LogP contribution in [-0.2, 0) is 26.2 Å². The molecule has 1 N–H and O–H groups in total. The molecule has 0 saturated heterocycles. The predicted octanol–water partition coefficient (Wildman–Crippen LogP) is 4.30. The number of hydrogen-bond acceptors (Lipinski definition) is 5. The molecule has 0 unspecified atom stereocenters. The first-order valence-corrected chi connectivity index (χ1v) is 14.1. The Kier molecular flexibility index (Phi) is 10.8. The number of Topliss-reactive ketones (excluding diaryl/α,β-unsaturated/α-hetero) is 1. The van der Waals surface area contributed by atoms with Crippen LogP contribution in [0.25, 0.3) is 0 Å². The minimum atomic E-state index is -3.92. The molecule has 8 nitrogen and oxygen atoms in total. The molecule has 2 rings (SSSR count). The van der Waals surface area contributed by atoms with Gasteiger partial charge >= 0.3 is 0 Å². The summed E-state index contributed by atoms with van der Waals surface area (Å²) in [5.74, 6) is -1.23. The van der Waals surface area contributed by atoms with Crippen LogP contribution >= 0.6 is 23.2 Å². The Morgan fingerprint density at radius 3 is 2.17 bits per heavy atom. The van der Waals surface area contributed by atoms with E-state index in [2.05, 4.69) is 5.32 Å². The standard InChI is InChI=1S/C25H31Cl2N3O5S/c1-5-13-28-25(33)23(6-2)29(15-20-21(26)11-8-12-22(20)27)24(32)16-30(36(4,34)35)19-10-7-9-18(14-19)17(3)31/h7-12,14,23H,5-6,13,15-16H2,1-4H3,(H,28,33)/t23-/m0/s1. The van der Waals surface area contributed by atoms with Gasteiger partial charge in [-0.3, -0.25) is 18.7 Å². The molecule has 196 valence electrons. The van der Waals surface area contributed by atoms with E-state index in [4.69, 9.17) is 23.2 Å². The zero-order valence-electron chi connectivity index (χ0n) is 20.8. The molecule has 0 aliphatic carbocycles. The van der Waals surface area contributed by atoms with E-state index >= 15 is 0 Å². The van der Waals surface area contributed by atoms with Crippen molar-refractivity contribution in [2.45, 2.75) is 46.2 Å². The van der Waals surface area contributed by atoms with Gasteiger partial charge in [0, 0.05) is 34.3 Å². The normalized spacial score (nSPS) is 12.1. The summed E-state index contributed by atoms with van der Waals surface area (Å²) in [5, 5.41) is 3.44. The van der Waals surface area contributed by atoms with E-state index in [1.165, 1.54) is 24.0 Å². The Balaban J connectivity index is 2.52. The van der Waals surface area contributed by atoms with Gasteiger partial charge in [-0.1, -0.05) is 55.2 Å². The highest BCUT2D eigenvalue weighted by Gasteiger charge is 2.32. The molecule has 0 saturated carbocycles. The van der Waals surface area contributed by atoms with E-state index < -0.39 is 28.5 Å². The number of rotatable bonds is 12. The highest BCUT2D eigenvalue weighted by molar-refractivity contribution is 7.92. The number of nitrogens with zero attached hydrogens (tertiary/aromatic N) is 2. The van der Waals surface area contributed by atoms with Crippen molar-refractivity contribution < 1.29 is 22.8 Å². The van der Waals surface area contributed by atoms with Gasteiger partial charge < -0.3 is 10.2 Å². The van der Waals surface area contributed by atoms with Gasteiger partial charge in [0.1, 0.15) is 12.6 Å². The number of carbonyl (C=O) groups is 3. The number of anilines is 1. The van der Waals surface area contributed by atoms with Gasteiger partial charge in [0.15, 0.2) is 5.78 Å². The van der Waals surface area contributed by atoms with Crippen LogP contribution in [0, 0.1) is 0 Å². The van der Waals surface area contributed by atoms with Crippen LogP contribution in [-0.4, -0.2) is 56.3 Å². The van der Waals surface area contributed by atoms with Crippen molar-refractivity contribution in [1.29, 1.82) is 0 Å². The van der Waals surface area contributed by atoms with Crippen molar-refractivity contribution >= 4 is 56.5 Å². The number of benzene rings is 2. The van der Waals surface area contributed by atoms with Gasteiger partial charge in [-0.25, -0.2) is 8.42 Å². The average molecular weight is 557 g/mol. The van der Waals surface area contributed by atoms with Crippen LogP contribution in [0.15, 0.2) is 42.5 Å². The molecule has 0 aliphatic heterocycles. The predicted molar refractivity (Wildman–Crippen MR) is 143 cm³/mol. The Morgan fingerprint density at radius 2 is 1.64 bits per heavy atom. The number of amides is 2. The smallest absolute Gasteiger partial charge is 0.244 e. The summed E-state index contributed by atoms with van der Waals surface area (Å²) >= 11 is 12.7. The molecule has 0 aliphatic rings. The van der Waals surface area contributed by atoms with Crippen molar-refractivity contribution in [3.8, 4) is 0 Å². The van der Waals surface area contributed by atoms with E-state index in [1.807, 2.05) is 6.92 Å². The van der Waals surface area contributed by atoms with Gasteiger partial charge in [-0.2, -0.15) is 0 Å². The molecule has 0 fully saturated rings. The first-order chi connectivity index (χ1) is 16.9. The number of halogens is 2. The van der Waals surface area contributed by atoms with Gasteiger partial charge in [0.05, 0.1) is 11.9 Å². The zero-order valence-corrected chi connectivity index (χ0v) is 23.1. The van der Waals surface area contributed by atoms with Crippen LogP contribution in [0.4, 0.5) is 5.69 Å². The molecule has 0 heterocycles. The number of ketones is 1. The van der Waals surface area contributed by atoms with Crippen LogP contribution in [0.3, 0.4) is 0 Å². The zero-order chi connectivity index (χ0) is 27.0. The molecular weight excluding hydrogens is 525 g/mol. The van der Waals surface area contributed by atoms with Crippen LogP contribution in [0.2, 0.25) is 10.0 Å². The molecule has 2 aromatic rings. The molecule has 0 aromatic heterocycles. The number of nitrogens with one attached hydrogen (secondary N) is 1. The van der Waals surface area contributed by atoms with Gasteiger partial charge in [-0.05, 0) is 44.0 Å². The van der Waals surface area contributed by atoms with Crippen molar-refractivity contribution in [2.75, 3.05) is 23.7 Å². The minimum Gasteiger partial charge on any atom is -0.354 e. The summed E-state index contributed by atoms with van der Waals surface area (Å²) < 4.78 is 26.3. The molecule has 1 atom stereocenters. The van der Waals surface area contributed by atoms with E-state index in [0.29, 0.717) is 34.1 Å². The number of carbonyl (C=O) groups excluding carboxylic acids is 3. The van der Waals surface area contributed by atoms with Crippen molar-refractivity contribution in [2.24, 2.45) is 0 Å². The quantitative estimate of drug-likeness (QED) is 0.393. The van der Waals surface area contributed by atoms with E-state index in [0.717, 1.165) is 10.6 Å². The highest BCUT2D eigenvalue weighted by Crippen LogP contribution is 2.28. The summed E-state index contributed by atoms with van der Waals surface area (Å²) in [6, 6.07) is 10.0. The lowest BCUT2D eigenvalue weighted by molar-refractivity contribution is -0.140. The maximum absolute atomic E-state index is 13.7. The summed E-state index contributed by atoms with van der Waals surface area (Å²) in [7, 11) is -3.92. The van der Waals surface area contributed by atoms with E-state index in [9.17, 15) is 22.8 Å². The van der Waals surface area contributed by atoms with Crippen LogP contribution in [0.5, 0.6) is 0 Å². The lowest BCUT2D eigenvalue weighted by Crippen LogP contribution is -2.52. The van der Waals surface area contributed by atoms with Crippen molar-refractivity contribution in [3.63, 3.8) is 0 Å². The Hall–Kier alpha value is -2.62. The molecule has 0 spiro atoms. The van der Waals surface area contributed by atoms with Gasteiger partial charge in [0.2, 0.25) is 21.8 Å². The Labute approximate surface area is 222 Å². The second-order valence-electron chi connectivity index (χ2n) is 8.31. The van der Waals surface area contributed by atoms with E-state index in [1.54, 1.807) is 37.3 Å². The molecular formula is C25H31Cl2N3O5S. The molecule has 2 amide bonds. The first kappa shape index (κ1) is 29.6. The van der Waals surface area contributed by atoms with Crippen molar-refractivity contribution in [1.82, 2.24) is 10.2 Å². The molecule has 11 heteroatoms. The number of sulfonamides is 1. The van der Waals surface area contributed by atoms with Gasteiger partial charge in [0.25, 0.3) is 0 Å². The fraction of sp³-hybridized carbons (Fsp3) is 0.400. The summed E-state index contributed by atoms with van der Waals surface area (Å²) in [5.41, 5.74) is 0.914. The van der Waals surface area contributed by atoms with Gasteiger partial charge in [-0.15, -0.1) is 0 Å². The number of hydrogen-bond donors (Lipinski definition) is 1. The fourth-order valence-electron chi connectivity index (χ4n) is 3.63. The van der Waals surface area contributed by atoms with E-state index in [-0.39, 0.29) is 30.3 Å².